The van der Waals surface area contributed by atoms with E-state index in [9.17, 15) is 9.18 Å². The van der Waals surface area contributed by atoms with Crippen molar-refractivity contribution in [2.24, 2.45) is 5.92 Å². The van der Waals surface area contributed by atoms with Crippen LogP contribution in [-0.4, -0.2) is 19.0 Å². The molecule has 1 aliphatic heterocycles. The molecule has 2 aromatic carbocycles. The van der Waals surface area contributed by atoms with Crippen molar-refractivity contribution < 1.29 is 13.9 Å². The minimum atomic E-state index is -0.290. The van der Waals surface area contributed by atoms with Crippen LogP contribution in [0, 0.1) is 11.7 Å². The highest BCUT2D eigenvalue weighted by molar-refractivity contribution is 5.85. The molecule has 1 fully saturated rings. The Morgan fingerprint density at radius 1 is 1.04 bits per heavy atom. The molecule has 2 aromatic rings. The van der Waals surface area contributed by atoms with Crippen molar-refractivity contribution >= 4 is 18.3 Å². The maximum absolute atomic E-state index is 12.9. The molecule has 1 aliphatic rings. The molecule has 0 spiro atoms. The van der Waals surface area contributed by atoms with Gasteiger partial charge in [-0.15, -0.1) is 12.4 Å². The van der Waals surface area contributed by atoms with E-state index in [1.54, 1.807) is 12.1 Å². The van der Waals surface area contributed by atoms with Crippen LogP contribution >= 0.6 is 12.4 Å². The maximum Gasteiger partial charge on any atom is 0.223 e. The zero-order chi connectivity index (χ0) is 16.8. The second kappa shape index (κ2) is 9.39. The summed E-state index contributed by atoms with van der Waals surface area (Å²) in [6, 6.07) is 13.4. The number of hydrogen-bond donors (Lipinski definition) is 2. The van der Waals surface area contributed by atoms with Crippen molar-refractivity contribution in [3.63, 3.8) is 0 Å². The van der Waals surface area contributed by atoms with Gasteiger partial charge in [0, 0.05) is 12.5 Å². The maximum atomic E-state index is 12.9. The van der Waals surface area contributed by atoms with Gasteiger partial charge in [-0.2, -0.15) is 0 Å². The SMILES string of the molecule is Cl.O=C(NCc1ccc(Oc2ccc(F)cc2)cc1)C1CCNCC1. The number of hydrogen-bond acceptors (Lipinski definition) is 3. The van der Waals surface area contributed by atoms with Crippen LogP contribution in [0.15, 0.2) is 48.5 Å². The summed E-state index contributed by atoms with van der Waals surface area (Å²) in [5.41, 5.74) is 1.02. The number of benzene rings is 2. The zero-order valence-electron chi connectivity index (χ0n) is 13.8. The van der Waals surface area contributed by atoms with Gasteiger partial charge >= 0.3 is 0 Å². The van der Waals surface area contributed by atoms with Crippen molar-refractivity contribution in [1.29, 1.82) is 0 Å². The summed E-state index contributed by atoms with van der Waals surface area (Å²) in [5, 5.41) is 6.25. The van der Waals surface area contributed by atoms with Gasteiger partial charge in [0.05, 0.1) is 0 Å². The second-order valence-electron chi connectivity index (χ2n) is 5.94. The number of amides is 1. The van der Waals surface area contributed by atoms with Crippen LogP contribution in [0.3, 0.4) is 0 Å². The summed E-state index contributed by atoms with van der Waals surface area (Å²) in [6.45, 7) is 2.33. The molecule has 0 bridgehead atoms. The largest absolute Gasteiger partial charge is 0.457 e. The molecule has 3 rings (SSSR count). The Kier molecular flexibility index (Phi) is 7.22. The minimum Gasteiger partial charge on any atom is -0.457 e. The molecule has 0 aliphatic carbocycles. The van der Waals surface area contributed by atoms with Crippen LogP contribution < -0.4 is 15.4 Å². The first-order chi connectivity index (χ1) is 11.7. The molecule has 2 N–H and O–H groups in total. The number of rotatable bonds is 5. The molecule has 4 nitrogen and oxygen atoms in total. The highest BCUT2D eigenvalue weighted by Gasteiger charge is 2.20. The quantitative estimate of drug-likeness (QED) is 0.851. The average Bonchev–Trinajstić information content (AvgIpc) is 2.63. The summed E-state index contributed by atoms with van der Waals surface area (Å²) >= 11 is 0. The monoisotopic (exact) mass is 364 g/mol. The Bertz CT molecular complexity index is 671. The first-order valence-corrected chi connectivity index (χ1v) is 8.21. The highest BCUT2D eigenvalue weighted by Crippen LogP contribution is 2.22. The first kappa shape index (κ1) is 19.2. The molecule has 25 heavy (non-hydrogen) atoms. The normalized spacial score (nSPS) is 14.4. The third-order valence-corrected chi connectivity index (χ3v) is 4.15. The standard InChI is InChI=1S/C19H21FN2O2.ClH/c20-16-3-7-18(8-4-16)24-17-5-1-14(2-6-17)13-22-19(23)15-9-11-21-12-10-15;/h1-8,15,21H,9-13H2,(H,22,23);1H. The molecule has 0 unspecified atom stereocenters. The van der Waals surface area contributed by atoms with E-state index in [0.29, 0.717) is 18.0 Å². The smallest absolute Gasteiger partial charge is 0.223 e. The Balaban J connectivity index is 0.00000225. The fraction of sp³-hybridized carbons (Fsp3) is 0.316. The summed E-state index contributed by atoms with van der Waals surface area (Å²) in [6.07, 6.45) is 1.80. The van der Waals surface area contributed by atoms with Crippen molar-refractivity contribution in [3.05, 3.63) is 59.9 Å². The summed E-state index contributed by atoms with van der Waals surface area (Å²) in [7, 11) is 0. The molecular weight excluding hydrogens is 343 g/mol. The van der Waals surface area contributed by atoms with Crippen molar-refractivity contribution in [2.75, 3.05) is 13.1 Å². The summed E-state index contributed by atoms with van der Waals surface area (Å²) in [5.74, 6) is 1.22. The molecule has 0 atom stereocenters. The highest BCUT2D eigenvalue weighted by atomic mass is 35.5. The van der Waals surface area contributed by atoms with E-state index in [1.165, 1.54) is 12.1 Å². The molecule has 0 saturated carbocycles. The lowest BCUT2D eigenvalue weighted by atomic mass is 9.97. The van der Waals surface area contributed by atoms with E-state index >= 15 is 0 Å². The van der Waals surface area contributed by atoms with Crippen LogP contribution in [-0.2, 0) is 11.3 Å². The van der Waals surface area contributed by atoms with Crippen LogP contribution in [0.4, 0.5) is 4.39 Å². The van der Waals surface area contributed by atoms with Gasteiger partial charge in [-0.25, -0.2) is 4.39 Å². The van der Waals surface area contributed by atoms with E-state index in [2.05, 4.69) is 10.6 Å². The van der Waals surface area contributed by atoms with Gasteiger partial charge in [-0.05, 0) is 67.9 Å². The van der Waals surface area contributed by atoms with Crippen LogP contribution in [0.2, 0.25) is 0 Å². The molecule has 0 aromatic heterocycles. The van der Waals surface area contributed by atoms with Gasteiger partial charge in [0.1, 0.15) is 17.3 Å². The van der Waals surface area contributed by atoms with E-state index < -0.39 is 0 Å². The van der Waals surface area contributed by atoms with E-state index in [0.717, 1.165) is 31.5 Å². The Morgan fingerprint density at radius 3 is 2.20 bits per heavy atom. The van der Waals surface area contributed by atoms with Gasteiger partial charge in [-0.1, -0.05) is 12.1 Å². The van der Waals surface area contributed by atoms with Crippen molar-refractivity contribution in [1.82, 2.24) is 10.6 Å². The average molecular weight is 365 g/mol. The zero-order valence-corrected chi connectivity index (χ0v) is 14.7. The third kappa shape index (κ3) is 5.73. The summed E-state index contributed by atoms with van der Waals surface area (Å²) < 4.78 is 18.5. The fourth-order valence-corrected chi connectivity index (χ4v) is 2.73. The van der Waals surface area contributed by atoms with Gasteiger partial charge in [-0.3, -0.25) is 4.79 Å². The van der Waals surface area contributed by atoms with Crippen LogP contribution in [0.25, 0.3) is 0 Å². The number of carbonyl (C=O) groups is 1. The van der Waals surface area contributed by atoms with Crippen LogP contribution in [0.1, 0.15) is 18.4 Å². The van der Waals surface area contributed by atoms with Gasteiger partial charge < -0.3 is 15.4 Å². The molecule has 134 valence electrons. The van der Waals surface area contributed by atoms with E-state index in [4.69, 9.17) is 4.74 Å². The predicted octanol–water partition coefficient (Wildman–Crippen LogP) is 3.66. The lowest BCUT2D eigenvalue weighted by molar-refractivity contribution is -0.125. The predicted molar refractivity (Wildman–Crippen MR) is 97.6 cm³/mol. The van der Waals surface area contributed by atoms with Gasteiger partial charge in [0.15, 0.2) is 0 Å². The Morgan fingerprint density at radius 2 is 1.60 bits per heavy atom. The van der Waals surface area contributed by atoms with Gasteiger partial charge in [0.2, 0.25) is 5.91 Å². The fourth-order valence-electron chi connectivity index (χ4n) is 2.73. The van der Waals surface area contributed by atoms with Crippen LogP contribution in [0.5, 0.6) is 11.5 Å². The molecule has 1 amide bonds. The number of nitrogens with one attached hydrogen (secondary N) is 2. The number of ether oxygens (including phenoxy) is 1. The van der Waals surface area contributed by atoms with Gasteiger partial charge in [0.25, 0.3) is 0 Å². The van der Waals surface area contributed by atoms with Crippen molar-refractivity contribution in [2.45, 2.75) is 19.4 Å². The minimum absolute atomic E-state index is 0. The molecule has 0 radical (unpaired) electrons. The van der Waals surface area contributed by atoms with E-state index in [1.807, 2.05) is 24.3 Å². The third-order valence-electron chi connectivity index (χ3n) is 4.15. The first-order valence-electron chi connectivity index (χ1n) is 8.21. The number of halogens is 2. The molecule has 1 saturated heterocycles. The summed E-state index contributed by atoms with van der Waals surface area (Å²) in [4.78, 5) is 12.1. The Hall–Kier alpha value is -2.11. The second-order valence-corrected chi connectivity index (χ2v) is 5.94. The Labute approximate surface area is 153 Å². The molecule has 6 heteroatoms. The number of carbonyl (C=O) groups excluding carboxylic acids is 1. The topological polar surface area (TPSA) is 50.4 Å². The lowest BCUT2D eigenvalue weighted by Gasteiger charge is -2.21. The number of piperidine rings is 1. The molecule has 1 heterocycles. The lowest BCUT2D eigenvalue weighted by Crippen LogP contribution is -2.37. The molecular formula is C19H22ClFN2O2. The van der Waals surface area contributed by atoms with Crippen molar-refractivity contribution in [3.8, 4) is 11.5 Å². The van der Waals surface area contributed by atoms with E-state index in [-0.39, 0.29) is 30.0 Å².